The highest BCUT2D eigenvalue weighted by molar-refractivity contribution is 5.97. The lowest BCUT2D eigenvalue weighted by Crippen LogP contribution is -2.49. The lowest BCUT2D eigenvalue weighted by atomic mass is 9.91. The van der Waals surface area contributed by atoms with Crippen molar-refractivity contribution in [2.24, 2.45) is 0 Å². The Kier molecular flexibility index (Phi) is 5.25. The average molecular weight is 355 g/mol. The first-order valence-corrected chi connectivity index (χ1v) is 10.1. The number of hydrogen-bond acceptors (Lipinski definition) is 3. The highest BCUT2D eigenvalue weighted by Crippen LogP contribution is 2.27. The average Bonchev–Trinajstić information content (AvgIpc) is 3.00. The minimum absolute atomic E-state index is 0.00707. The Labute approximate surface area is 155 Å². The Bertz CT molecular complexity index is 644. The molecule has 5 heteroatoms. The number of amides is 2. The van der Waals surface area contributed by atoms with E-state index in [2.05, 4.69) is 4.90 Å². The molecule has 0 unspecified atom stereocenters. The van der Waals surface area contributed by atoms with E-state index in [1.165, 1.54) is 19.3 Å². The normalized spacial score (nSPS) is 25.0. The number of carbonyl (C=O) groups is 2. The summed E-state index contributed by atoms with van der Waals surface area (Å²) in [6.45, 7) is 4.40. The van der Waals surface area contributed by atoms with Crippen LogP contribution in [0.2, 0.25) is 0 Å². The molecule has 0 aromatic heterocycles. The SMILES string of the molecule is O=C([C@H]1CCCN1C(=O)c1ccccc1)N1CCCN(C2CCC2)CC1. The van der Waals surface area contributed by atoms with Crippen LogP contribution < -0.4 is 0 Å². The number of nitrogens with zero attached hydrogens (tertiary/aromatic N) is 3. The minimum atomic E-state index is -0.280. The van der Waals surface area contributed by atoms with E-state index >= 15 is 0 Å². The van der Waals surface area contributed by atoms with Gasteiger partial charge in [-0.3, -0.25) is 14.5 Å². The van der Waals surface area contributed by atoms with Gasteiger partial charge in [-0.25, -0.2) is 0 Å². The third-order valence-electron chi connectivity index (χ3n) is 6.25. The fourth-order valence-electron chi connectivity index (χ4n) is 4.50. The molecular weight excluding hydrogens is 326 g/mol. The molecule has 1 aromatic rings. The maximum absolute atomic E-state index is 13.2. The summed E-state index contributed by atoms with van der Waals surface area (Å²) in [6.07, 6.45) is 6.73. The molecule has 2 heterocycles. The van der Waals surface area contributed by atoms with Crippen molar-refractivity contribution in [1.82, 2.24) is 14.7 Å². The van der Waals surface area contributed by atoms with Gasteiger partial charge < -0.3 is 9.80 Å². The standard InChI is InChI=1S/C21H29N3O2/c25-20(17-7-2-1-3-8-17)24-14-5-11-19(24)21(26)23-13-6-12-22(15-16-23)18-9-4-10-18/h1-3,7-8,18-19H,4-6,9-16H2/t19-/m1/s1. The predicted molar refractivity (Wildman–Crippen MR) is 101 cm³/mol. The van der Waals surface area contributed by atoms with Crippen molar-refractivity contribution in [1.29, 1.82) is 0 Å². The van der Waals surface area contributed by atoms with Gasteiger partial charge in [0.15, 0.2) is 0 Å². The number of hydrogen-bond donors (Lipinski definition) is 0. The zero-order valence-electron chi connectivity index (χ0n) is 15.5. The second-order valence-corrected chi connectivity index (χ2v) is 7.82. The Morgan fingerprint density at radius 1 is 0.808 bits per heavy atom. The van der Waals surface area contributed by atoms with Crippen LogP contribution in [-0.2, 0) is 4.79 Å². The van der Waals surface area contributed by atoms with Crippen LogP contribution in [0.15, 0.2) is 30.3 Å². The Morgan fingerprint density at radius 3 is 2.35 bits per heavy atom. The summed E-state index contributed by atoms with van der Waals surface area (Å²) in [7, 11) is 0. The number of benzene rings is 1. The summed E-state index contributed by atoms with van der Waals surface area (Å²) in [5, 5.41) is 0. The predicted octanol–water partition coefficient (Wildman–Crippen LogP) is 2.38. The molecule has 3 fully saturated rings. The monoisotopic (exact) mass is 355 g/mol. The van der Waals surface area contributed by atoms with Crippen molar-refractivity contribution in [2.75, 3.05) is 32.7 Å². The van der Waals surface area contributed by atoms with E-state index in [9.17, 15) is 9.59 Å². The molecule has 5 nitrogen and oxygen atoms in total. The maximum atomic E-state index is 13.2. The van der Waals surface area contributed by atoms with Gasteiger partial charge in [0.1, 0.15) is 6.04 Å². The maximum Gasteiger partial charge on any atom is 0.254 e. The van der Waals surface area contributed by atoms with Crippen molar-refractivity contribution in [2.45, 2.75) is 50.6 Å². The van der Waals surface area contributed by atoms with Gasteiger partial charge >= 0.3 is 0 Å². The zero-order valence-corrected chi connectivity index (χ0v) is 15.5. The summed E-state index contributed by atoms with van der Waals surface area (Å²) in [5.74, 6) is 0.148. The van der Waals surface area contributed by atoms with Crippen LogP contribution in [0.3, 0.4) is 0 Å². The third-order valence-corrected chi connectivity index (χ3v) is 6.25. The van der Waals surface area contributed by atoms with E-state index < -0.39 is 0 Å². The number of rotatable bonds is 3. The molecule has 1 atom stereocenters. The number of likely N-dealkylation sites (tertiary alicyclic amines) is 1. The van der Waals surface area contributed by atoms with Crippen molar-refractivity contribution >= 4 is 11.8 Å². The molecular formula is C21H29N3O2. The van der Waals surface area contributed by atoms with Gasteiger partial charge in [-0.2, -0.15) is 0 Å². The second kappa shape index (κ2) is 7.78. The highest BCUT2D eigenvalue weighted by Gasteiger charge is 2.37. The summed E-state index contributed by atoms with van der Waals surface area (Å²) in [5.41, 5.74) is 0.680. The van der Waals surface area contributed by atoms with Crippen LogP contribution in [0.4, 0.5) is 0 Å². The molecule has 0 spiro atoms. The molecule has 2 aliphatic heterocycles. The van der Waals surface area contributed by atoms with Gasteiger partial charge in [0.2, 0.25) is 5.91 Å². The molecule has 1 saturated carbocycles. The molecule has 3 aliphatic rings. The first kappa shape index (κ1) is 17.5. The smallest absolute Gasteiger partial charge is 0.254 e. The molecule has 2 amide bonds. The summed E-state index contributed by atoms with van der Waals surface area (Å²) in [6, 6.07) is 9.81. The number of carbonyl (C=O) groups excluding carboxylic acids is 2. The van der Waals surface area contributed by atoms with Crippen LogP contribution in [0.25, 0.3) is 0 Å². The third kappa shape index (κ3) is 3.50. The fourth-order valence-corrected chi connectivity index (χ4v) is 4.50. The van der Waals surface area contributed by atoms with Gasteiger partial charge in [-0.15, -0.1) is 0 Å². The molecule has 1 aliphatic carbocycles. The van der Waals surface area contributed by atoms with Crippen molar-refractivity contribution in [3.8, 4) is 0 Å². The summed E-state index contributed by atoms with van der Waals surface area (Å²) < 4.78 is 0. The van der Waals surface area contributed by atoms with E-state index in [-0.39, 0.29) is 17.9 Å². The van der Waals surface area contributed by atoms with Crippen LogP contribution in [0.1, 0.15) is 48.9 Å². The Hall–Kier alpha value is -1.88. The molecule has 2 saturated heterocycles. The quantitative estimate of drug-likeness (QED) is 0.836. The van der Waals surface area contributed by atoms with Crippen LogP contribution in [0, 0.1) is 0 Å². The molecule has 0 N–H and O–H groups in total. The first-order valence-electron chi connectivity index (χ1n) is 10.1. The second-order valence-electron chi connectivity index (χ2n) is 7.82. The minimum Gasteiger partial charge on any atom is -0.340 e. The Balaban J connectivity index is 1.40. The molecule has 26 heavy (non-hydrogen) atoms. The molecule has 0 radical (unpaired) electrons. The van der Waals surface area contributed by atoms with Gasteiger partial charge in [-0.05, 0) is 44.2 Å². The van der Waals surface area contributed by atoms with Crippen molar-refractivity contribution in [3.05, 3.63) is 35.9 Å². The van der Waals surface area contributed by atoms with Crippen LogP contribution in [-0.4, -0.2) is 71.3 Å². The summed E-state index contributed by atoms with van der Waals surface area (Å²) >= 11 is 0. The molecule has 1 aromatic carbocycles. The molecule has 0 bridgehead atoms. The van der Waals surface area contributed by atoms with E-state index in [0.29, 0.717) is 12.1 Å². The van der Waals surface area contributed by atoms with Gasteiger partial charge in [-0.1, -0.05) is 24.6 Å². The zero-order chi connectivity index (χ0) is 17.9. The topological polar surface area (TPSA) is 43.9 Å². The Morgan fingerprint density at radius 2 is 1.62 bits per heavy atom. The van der Waals surface area contributed by atoms with Gasteiger partial charge in [0, 0.05) is 44.3 Å². The van der Waals surface area contributed by atoms with E-state index in [4.69, 9.17) is 0 Å². The van der Waals surface area contributed by atoms with Crippen molar-refractivity contribution < 1.29 is 9.59 Å². The lowest BCUT2D eigenvalue weighted by Gasteiger charge is -2.37. The molecule has 140 valence electrons. The van der Waals surface area contributed by atoms with E-state index in [0.717, 1.165) is 51.5 Å². The van der Waals surface area contributed by atoms with Gasteiger partial charge in [0.25, 0.3) is 5.91 Å². The lowest BCUT2D eigenvalue weighted by molar-refractivity contribution is -0.135. The van der Waals surface area contributed by atoms with E-state index in [1.807, 2.05) is 35.2 Å². The first-order chi connectivity index (χ1) is 12.7. The van der Waals surface area contributed by atoms with Crippen LogP contribution in [0.5, 0.6) is 0 Å². The summed E-state index contributed by atoms with van der Waals surface area (Å²) in [4.78, 5) is 32.4. The van der Waals surface area contributed by atoms with Gasteiger partial charge in [0.05, 0.1) is 0 Å². The van der Waals surface area contributed by atoms with Crippen molar-refractivity contribution in [3.63, 3.8) is 0 Å². The fraction of sp³-hybridized carbons (Fsp3) is 0.619. The molecule has 4 rings (SSSR count). The largest absolute Gasteiger partial charge is 0.340 e. The van der Waals surface area contributed by atoms with E-state index in [1.54, 1.807) is 4.90 Å². The highest BCUT2D eigenvalue weighted by atomic mass is 16.2. The van der Waals surface area contributed by atoms with Crippen LogP contribution >= 0.6 is 0 Å².